The topological polar surface area (TPSA) is 101 Å². The van der Waals surface area contributed by atoms with Crippen molar-refractivity contribution in [2.24, 2.45) is 0 Å². The lowest BCUT2D eigenvalue weighted by atomic mass is 9.94. The number of ether oxygens (including phenoxy) is 2. The number of alkyl halides is 2. The first-order valence-corrected chi connectivity index (χ1v) is 15.2. The molecule has 2 aromatic heterocycles. The summed E-state index contributed by atoms with van der Waals surface area (Å²) >= 11 is 7.69. The molecule has 2 fully saturated rings. The lowest BCUT2D eigenvalue weighted by molar-refractivity contribution is 0.108. The Morgan fingerprint density at radius 2 is 2.07 bits per heavy atom. The Morgan fingerprint density at radius 3 is 2.84 bits per heavy atom. The highest BCUT2D eigenvalue weighted by Gasteiger charge is 2.46. The number of hydrogen-bond acceptors (Lipinski definition) is 9. The minimum absolute atomic E-state index is 0.00324. The molecule has 2 aromatic carbocycles. The van der Waals surface area contributed by atoms with Gasteiger partial charge in [-0.2, -0.15) is 15.2 Å². The molecular weight excluding hydrogens is 620 g/mol. The van der Waals surface area contributed by atoms with Gasteiger partial charge in [0.25, 0.3) is 6.43 Å². The number of aromatic nitrogens is 2. The first-order chi connectivity index (χ1) is 21.1. The van der Waals surface area contributed by atoms with E-state index in [1.807, 2.05) is 6.07 Å². The van der Waals surface area contributed by atoms with Crippen LogP contribution in [0.4, 0.5) is 28.4 Å². The van der Waals surface area contributed by atoms with Crippen LogP contribution in [0.2, 0.25) is 5.02 Å². The van der Waals surface area contributed by atoms with Gasteiger partial charge in [-0.05, 0) is 37.4 Å². The number of benzene rings is 2. The third-order valence-corrected chi connectivity index (χ3v) is 10.00. The Hall–Kier alpha value is -3.86. The Kier molecular flexibility index (Phi) is 6.99. The number of nitrogen functional groups attached to an aromatic ring is 1. The van der Waals surface area contributed by atoms with Crippen LogP contribution in [-0.2, 0) is 0 Å². The number of rotatable bonds is 6. The van der Waals surface area contributed by atoms with E-state index in [0.717, 1.165) is 55.3 Å². The van der Waals surface area contributed by atoms with Gasteiger partial charge in [0.2, 0.25) is 0 Å². The summed E-state index contributed by atoms with van der Waals surface area (Å²) in [5, 5.41) is 9.81. The Bertz CT molecular complexity index is 1910. The van der Waals surface area contributed by atoms with E-state index in [9.17, 15) is 18.4 Å². The zero-order valence-corrected chi connectivity index (χ0v) is 24.8. The van der Waals surface area contributed by atoms with E-state index in [0.29, 0.717) is 0 Å². The van der Waals surface area contributed by atoms with Gasteiger partial charge < -0.3 is 20.1 Å². The molecule has 2 saturated heterocycles. The van der Waals surface area contributed by atoms with Gasteiger partial charge in [-0.25, -0.2) is 17.6 Å². The number of nitriles is 1. The van der Waals surface area contributed by atoms with Crippen LogP contribution in [0.5, 0.6) is 11.8 Å². The van der Waals surface area contributed by atoms with Crippen molar-refractivity contribution < 1.29 is 27.0 Å². The normalized spacial score (nSPS) is 19.9. The van der Waals surface area contributed by atoms with Crippen molar-refractivity contribution in [2.45, 2.75) is 31.2 Å². The summed E-state index contributed by atoms with van der Waals surface area (Å²) in [6, 6.07) is 4.24. The lowest BCUT2D eigenvalue weighted by Gasteiger charge is -2.31. The van der Waals surface area contributed by atoms with Crippen LogP contribution in [0, 0.1) is 23.0 Å². The molecule has 3 aliphatic rings. The maximum atomic E-state index is 16.8. The SMILES string of the molecule is C=C1CN2CCC[C@@]2(COc2nc3c4c(c(Cl)c(-c5ccc(F)c6sc(N)c(C#N)c56)c(F)c4n2)OCCN3CC(F)F)C1. The molecule has 0 saturated carbocycles. The van der Waals surface area contributed by atoms with Gasteiger partial charge in [0.1, 0.15) is 41.4 Å². The molecule has 8 nitrogen and oxygen atoms in total. The van der Waals surface area contributed by atoms with Gasteiger partial charge in [0, 0.05) is 17.5 Å². The molecule has 14 heteroatoms. The second kappa shape index (κ2) is 10.6. The van der Waals surface area contributed by atoms with E-state index >= 15 is 4.39 Å². The van der Waals surface area contributed by atoms with Crippen LogP contribution in [-0.4, -0.2) is 66.2 Å². The molecule has 1 atom stereocenters. The van der Waals surface area contributed by atoms with Crippen molar-refractivity contribution in [2.75, 3.05) is 50.0 Å². The van der Waals surface area contributed by atoms with E-state index < -0.39 is 24.6 Å². The highest BCUT2D eigenvalue weighted by Crippen LogP contribution is 2.51. The maximum absolute atomic E-state index is 16.8. The van der Waals surface area contributed by atoms with Crippen LogP contribution < -0.4 is 20.1 Å². The fourth-order valence-corrected chi connectivity index (χ4v) is 8.05. The molecule has 0 radical (unpaired) electrons. The molecule has 228 valence electrons. The van der Waals surface area contributed by atoms with Crippen molar-refractivity contribution >= 4 is 54.7 Å². The van der Waals surface area contributed by atoms with E-state index in [2.05, 4.69) is 21.4 Å². The van der Waals surface area contributed by atoms with Crippen molar-refractivity contribution in [3.05, 3.63) is 46.5 Å². The van der Waals surface area contributed by atoms with E-state index in [-0.39, 0.29) is 90.6 Å². The smallest absolute Gasteiger partial charge is 0.319 e. The van der Waals surface area contributed by atoms with Gasteiger partial charge in [0.15, 0.2) is 11.6 Å². The minimum Gasteiger partial charge on any atom is -0.489 e. The molecule has 7 rings (SSSR count). The van der Waals surface area contributed by atoms with Crippen molar-refractivity contribution in [3.63, 3.8) is 0 Å². The summed E-state index contributed by atoms with van der Waals surface area (Å²) in [7, 11) is 0. The summed E-state index contributed by atoms with van der Waals surface area (Å²) in [5.41, 5.74) is 6.44. The molecule has 0 bridgehead atoms. The molecule has 44 heavy (non-hydrogen) atoms. The Balaban J connectivity index is 1.45. The molecule has 4 aromatic rings. The number of nitrogens with zero attached hydrogens (tertiary/aromatic N) is 5. The van der Waals surface area contributed by atoms with Gasteiger partial charge in [-0.1, -0.05) is 29.8 Å². The van der Waals surface area contributed by atoms with Gasteiger partial charge in [-0.3, -0.25) is 4.90 Å². The summed E-state index contributed by atoms with van der Waals surface area (Å²) in [5.74, 6) is -1.57. The van der Waals surface area contributed by atoms with Crippen molar-refractivity contribution in [3.8, 4) is 29.0 Å². The predicted molar refractivity (Wildman–Crippen MR) is 161 cm³/mol. The fourth-order valence-electron chi connectivity index (χ4n) is 6.76. The quantitative estimate of drug-likeness (QED) is 0.187. The number of thiophene rings is 1. The second-order valence-corrected chi connectivity index (χ2v) is 12.7. The van der Waals surface area contributed by atoms with Gasteiger partial charge in [0.05, 0.1) is 39.3 Å². The number of nitrogens with two attached hydrogens (primary N) is 1. The molecule has 5 heterocycles. The third-order valence-electron chi connectivity index (χ3n) is 8.61. The van der Waals surface area contributed by atoms with E-state index in [1.165, 1.54) is 11.0 Å². The Labute approximate surface area is 258 Å². The number of anilines is 2. The molecule has 0 aliphatic carbocycles. The summed E-state index contributed by atoms with van der Waals surface area (Å²) in [6.45, 7) is 5.26. The van der Waals surface area contributed by atoms with Crippen LogP contribution >= 0.6 is 22.9 Å². The molecule has 3 aliphatic heterocycles. The van der Waals surface area contributed by atoms with Crippen LogP contribution in [0.15, 0.2) is 24.3 Å². The lowest BCUT2D eigenvalue weighted by Crippen LogP contribution is -2.43. The van der Waals surface area contributed by atoms with Crippen LogP contribution in [0.3, 0.4) is 0 Å². The van der Waals surface area contributed by atoms with Crippen LogP contribution in [0.25, 0.3) is 32.1 Å². The molecule has 0 spiro atoms. The van der Waals surface area contributed by atoms with Gasteiger partial charge in [-0.15, -0.1) is 11.3 Å². The first kappa shape index (κ1) is 28.9. The minimum atomic E-state index is -2.72. The monoisotopic (exact) mass is 644 g/mol. The average molecular weight is 645 g/mol. The largest absolute Gasteiger partial charge is 0.489 e. The zero-order valence-electron chi connectivity index (χ0n) is 23.2. The van der Waals surface area contributed by atoms with Crippen molar-refractivity contribution in [1.82, 2.24) is 14.9 Å². The van der Waals surface area contributed by atoms with Crippen LogP contribution in [0.1, 0.15) is 24.8 Å². The highest BCUT2D eigenvalue weighted by atomic mass is 35.5. The van der Waals surface area contributed by atoms with E-state index in [4.69, 9.17) is 26.8 Å². The Morgan fingerprint density at radius 1 is 1.25 bits per heavy atom. The molecule has 2 N–H and O–H groups in total. The highest BCUT2D eigenvalue weighted by molar-refractivity contribution is 7.23. The summed E-state index contributed by atoms with van der Waals surface area (Å²) in [4.78, 5) is 12.5. The number of hydrogen-bond donors (Lipinski definition) is 1. The standard InChI is InChI=1S/C30H25ClF4N6O2S/c1-14-9-30(5-2-6-41(30)11-14)13-43-29-38-24-21-25(42-8-7-40(12-18(33)34)28(21)39-29)22(31)20(23(24)35)15-3-4-17(32)26-19(15)16(10-36)27(37)44-26/h3-4,18H,1-2,5-9,11-13,37H2/t30-/m0/s1. The number of fused-ring (bicyclic) bond motifs is 2. The summed E-state index contributed by atoms with van der Waals surface area (Å²) < 4.78 is 71.2. The molecular formula is C30H25ClF4N6O2S. The average Bonchev–Trinajstić information content (AvgIpc) is 3.58. The fraction of sp³-hybridized carbons (Fsp3) is 0.367. The molecule has 0 unspecified atom stereocenters. The first-order valence-electron chi connectivity index (χ1n) is 14.0. The maximum Gasteiger partial charge on any atom is 0.319 e. The van der Waals surface area contributed by atoms with Gasteiger partial charge >= 0.3 is 6.01 Å². The third kappa shape index (κ3) is 4.42. The number of halogens is 5. The second-order valence-electron chi connectivity index (χ2n) is 11.3. The molecule has 0 amide bonds. The zero-order chi connectivity index (χ0) is 30.9. The predicted octanol–water partition coefficient (Wildman–Crippen LogP) is 6.53. The van der Waals surface area contributed by atoms with Crippen molar-refractivity contribution in [1.29, 1.82) is 5.26 Å². The summed E-state index contributed by atoms with van der Waals surface area (Å²) in [6.07, 6.45) is -0.115. The van der Waals surface area contributed by atoms with E-state index in [1.54, 1.807) is 0 Å².